The third-order valence-corrected chi connectivity index (χ3v) is 4.79. The zero-order chi connectivity index (χ0) is 15.9. The molecule has 0 aliphatic carbocycles. The highest BCUT2D eigenvalue weighted by molar-refractivity contribution is 6.34. The first-order valence-corrected chi connectivity index (χ1v) is 8.72. The maximum absolute atomic E-state index is 12.0. The summed E-state index contributed by atoms with van der Waals surface area (Å²) in [4.78, 5) is 12.0. The van der Waals surface area contributed by atoms with Gasteiger partial charge in [0.15, 0.2) is 0 Å². The highest BCUT2D eigenvalue weighted by atomic mass is 35.5. The number of carbonyl (C=O) groups excluding carboxylic acids is 1. The van der Waals surface area contributed by atoms with E-state index in [0.717, 1.165) is 25.1 Å². The van der Waals surface area contributed by atoms with E-state index in [-0.39, 0.29) is 5.91 Å². The zero-order valence-electron chi connectivity index (χ0n) is 13.0. The molecule has 1 saturated heterocycles. The first-order chi connectivity index (χ1) is 10.5. The fourth-order valence-electron chi connectivity index (χ4n) is 3.05. The van der Waals surface area contributed by atoms with Gasteiger partial charge in [0, 0.05) is 23.0 Å². The first kappa shape index (κ1) is 17.6. The fraction of sp³-hybridized carbons (Fsp3) is 0.588. The Hall–Kier alpha value is -0.770. The molecular formula is C17H24Cl2N2O. The van der Waals surface area contributed by atoms with Crippen molar-refractivity contribution in [3.8, 4) is 0 Å². The van der Waals surface area contributed by atoms with E-state index in [0.29, 0.717) is 34.8 Å². The van der Waals surface area contributed by atoms with E-state index in [1.54, 1.807) is 6.07 Å². The molecule has 1 aliphatic heterocycles. The quantitative estimate of drug-likeness (QED) is 0.827. The first-order valence-electron chi connectivity index (χ1n) is 7.97. The number of amides is 1. The lowest BCUT2D eigenvalue weighted by molar-refractivity contribution is -0.122. The molecule has 0 aromatic heterocycles. The number of hydrogen-bond acceptors (Lipinski definition) is 2. The number of benzene rings is 1. The van der Waals surface area contributed by atoms with Gasteiger partial charge in [0.05, 0.1) is 0 Å². The van der Waals surface area contributed by atoms with Crippen molar-refractivity contribution in [1.29, 1.82) is 0 Å². The Bertz CT molecular complexity index is 481. The summed E-state index contributed by atoms with van der Waals surface area (Å²) in [6, 6.07) is 5.49. The van der Waals surface area contributed by atoms with Crippen LogP contribution in [0.25, 0.3) is 0 Å². The van der Waals surface area contributed by atoms with Gasteiger partial charge in [0.2, 0.25) is 5.91 Å². The summed E-state index contributed by atoms with van der Waals surface area (Å²) in [5.74, 6) is 1.25. The molecular weight excluding hydrogens is 319 g/mol. The van der Waals surface area contributed by atoms with Crippen molar-refractivity contribution in [2.24, 2.45) is 11.8 Å². The number of carbonyl (C=O) groups is 1. The van der Waals surface area contributed by atoms with Crippen molar-refractivity contribution in [3.63, 3.8) is 0 Å². The predicted octanol–water partition coefficient (Wildman–Crippen LogP) is 3.68. The Morgan fingerprint density at radius 2 is 1.91 bits per heavy atom. The molecule has 0 radical (unpaired) electrons. The molecule has 3 nitrogen and oxygen atoms in total. The molecule has 1 aromatic rings. The Balaban J connectivity index is 1.70. The lowest BCUT2D eigenvalue weighted by Gasteiger charge is -2.27. The summed E-state index contributed by atoms with van der Waals surface area (Å²) in [7, 11) is 0. The highest BCUT2D eigenvalue weighted by Gasteiger charge is 2.21. The summed E-state index contributed by atoms with van der Waals surface area (Å²) in [6.45, 7) is 4.96. The van der Waals surface area contributed by atoms with Gasteiger partial charge in [0.25, 0.3) is 0 Å². The van der Waals surface area contributed by atoms with Crippen LogP contribution in [0, 0.1) is 11.8 Å². The fourth-order valence-corrected chi connectivity index (χ4v) is 3.62. The molecule has 1 amide bonds. The van der Waals surface area contributed by atoms with E-state index in [4.69, 9.17) is 23.2 Å². The van der Waals surface area contributed by atoms with Gasteiger partial charge in [0.1, 0.15) is 0 Å². The molecule has 1 unspecified atom stereocenters. The van der Waals surface area contributed by atoms with Crippen molar-refractivity contribution in [2.45, 2.75) is 32.6 Å². The van der Waals surface area contributed by atoms with Crippen molar-refractivity contribution >= 4 is 29.1 Å². The molecule has 1 aliphatic rings. The van der Waals surface area contributed by atoms with E-state index in [2.05, 4.69) is 17.6 Å². The maximum atomic E-state index is 12.0. The molecule has 1 atom stereocenters. The van der Waals surface area contributed by atoms with Gasteiger partial charge in [-0.1, -0.05) is 30.1 Å². The summed E-state index contributed by atoms with van der Waals surface area (Å²) in [6.07, 6.45) is 3.71. The van der Waals surface area contributed by atoms with Crippen LogP contribution >= 0.6 is 23.2 Å². The van der Waals surface area contributed by atoms with Crippen LogP contribution < -0.4 is 10.6 Å². The number of piperidine rings is 1. The van der Waals surface area contributed by atoms with E-state index in [1.807, 2.05) is 12.1 Å². The zero-order valence-corrected chi connectivity index (χ0v) is 14.5. The van der Waals surface area contributed by atoms with Gasteiger partial charge in [-0.2, -0.15) is 0 Å². The standard InChI is InChI=1S/C17H24Cl2N2O/c1-12(14-3-5-20-6-4-14)8-17(22)21-7-2-13-9-15(18)11-16(19)10-13/h9-12,14,20H,2-8H2,1H3,(H,21,22). The second-order valence-electron chi connectivity index (χ2n) is 6.15. The van der Waals surface area contributed by atoms with E-state index >= 15 is 0 Å². The maximum Gasteiger partial charge on any atom is 0.220 e. The van der Waals surface area contributed by atoms with Crippen molar-refractivity contribution in [3.05, 3.63) is 33.8 Å². The second kappa shape index (κ2) is 8.76. The summed E-state index contributed by atoms with van der Waals surface area (Å²) in [5.41, 5.74) is 1.05. The number of rotatable bonds is 6. The number of hydrogen-bond donors (Lipinski definition) is 2. The molecule has 5 heteroatoms. The van der Waals surface area contributed by atoms with E-state index < -0.39 is 0 Å². The molecule has 1 fully saturated rings. The SMILES string of the molecule is CC(CC(=O)NCCc1cc(Cl)cc(Cl)c1)C1CCNCC1. The molecule has 0 spiro atoms. The predicted molar refractivity (Wildman–Crippen MR) is 92.6 cm³/mol. The van der Waals surface area contributed by atoms with Gasteiger partial charge < -0.3 is 10.6 Å². The lowest BCUT2D eigenvalue weighted by Crippen LogP contribution is -2.34. The molecule has 0 saturated carbocycles. The van der Waals surface area contributed by atoms with Crippen molar-refractivity contribution in [2.75, 3.05) is 19.6 Å². The van der Waals surface area contributed by atoms with Crippen LogP contribution in [0.4, 0.5) is 0 Å². The largest absolute Gasteiger partial charge is 0.356 e. The van der Waals surface area contributed by atoms with Crippen LogP contribution in [0.1, 0.15) is 31.7 Å². The highest BCUT2D eigenvalue weighted by Crippen LogP contribution is 2.24. The summed E-state index contributed by atoms with van der Waals surface area (Å²) < 4.78 is 0. The molecule has 1 aromatic carbocycles. The van der Waals surface area contributed by atoms with Gasteiger partial charge in [-0.15, -0.1) is 0 Å². The van der Waals surface area contributed by atoms with Crippen LogP contribution in [0.3, 0.4) is 0 Å². The van der Waals surface area contributed by atoms with Crippen LogP contribution in [0.15, 0.2) is 18.2 Å². The second-order valence-corrected chi connectivity index (χ2v) is 7.02. The van der Waals surface area contributed by atoms with Gasteiger partial charge in [-0.05, 0) is 68.0 Å². The molecule has 122 valence electrons. The van der Waals surface area contributed by atoms with Gasteiger partial charge in [-0.25, -0.2) is 0 Å². The Labute approximate surface area is 142 Å². The minimum atomic E-state index is 0.138. The summed E-state index contributed by atoms with van der Waals surface area (Å²) >= 11 is 11.9. The smallest absolute Gasteiger partial charge is 0.220 e. The van der Waals surface area contributed by atoms with Crippen LogP contribution in [0.2, 0.25) is 10.0 Å². The molecule has 1 heterocycles. The Kier molecular flexibility index (Phi) is 7.00. The minimum Gasteiger partial charge on any atom is -0.356 e. The lowest BCUT2D eigenvalue weighted by atomic mass is 9.84. The van der Waals surface area contributed by atoms with Crippen molar-refractivity contribution in [1.82, 2.24) is 10.6 Å². The average Bonchev–Trinajstić information content (AvgIpc) is 2.47. The molecule has 2 N–H and O–H groups in total. The summed E-state index contributed by atoms with van der Waals surface area (Å²) in [5, 5.41) is 7.63. The Morgan fingerprint density at radius 3 is 2.55 bits per heavy atom. The van der Waals surface area contributed by atoms with E-state index in [1.165, 1.54) is 12.8 Å². The third-order valence-electron chi connectivity index (χ3n) is 4.35. The number of nitrogens with one attached hydrogen (secondary N) is 2. The van der Waals surface area contributed by atoms with Crippen LogP contribution in [0.5, 0.6) is 0 Å². The molecule has 0 bridgehead atoms. The minimum absolute atomic E-state index is 0.138. The van der Waals surface area contributed by atoms with Gasteiger partial charge >= 0.3 is 0 Å². The van der Waals surface area contributed by atoms with Crippen LogP contribution in [-0.4, -0.2) is 25.5 Å². The van der Waals surface area contributed by atoms with Crippen molar-refractivity contribution < 1.29 is 4.79 Å². The van der Waals surface area contributed by atoms with E-state index in [9.17, 15) is 4.79 Å². The monoisotopic (exact) mass is 342 g/mol. The average molecular weight is 343 g/mol. The normalized spacial score (nSPS) is 17.2. The third kappa shape index (κ3) is 5.79. The molecule has 22 heavy (non-hydrogen) atoms. The molecule has 2 rings (SSSR count). The topological polar surface area (TPSA) is 41.1 Å². The van der Waals surface area contributed by atoms with Crippen LogP contribution in [-0.2, 0) is 11.2 Å². The Morgan fingerprint density at radius 1 is 1.27 bits per heavy atom. The van der Waals surface area contributed by atoms with Gasteiger partial charge in [-0.3, -0.25) is 4.79 Å². The number of halogens is 2.